The van der Waals surface area contributed by atoms with Crippen molar-refractivity contribution in [2.24, 2.45) is 0 Å². The summed E-state index contributed by atoms with van der Waals surface area (Å²) < 4.78 is 58.6. The zero-order valence-corrected chi connectivity index (χ0v) is 23.5. The Hall–Kier alpha value is -3.26. The SMILES string of the molecule is O=C1c2c(OCOP(=O)(O)O)c(=O)ccn2N([C@@H]2c3ccccc3SCc3c2ccc(F)c3F)[C@@H]2COC3(CC3)CN12. The summed E-state index contributed by atoms with van der Waals surface area (Å²) in [5.74, 6) is -2.78. The van der Waals surface area contributed by atoms with Crippen LogP contribution in [0.15, 0.2) is 58.4 Å². The highest BCUT2D eigenvalue weighted by Crippen LogP contribution is 2.49. The first-order chi connectivity index (χ1) is 20.1. The Morgan fingerprint density at radius 3 is 2.64 bits per heavy atom. The van der Waals surface area contributed by atoms with E-state index in [1.165, 1.54) is 28.7 Å². The molecule has 1 amide bonds. The molecule has 4 heterocycles. The maximum Gasteiger partial charge on any atom is 0.472 e. The number of carbonyl (C=O) groups is 1. The molecule has 2 N–H and O–H groups in total. The van der Waals surface area contributed by atoms with Crippen LogP contribution in [-0.4, -0.2) is 57.0 Å². The summed E-state index contributed by atoms with van der Waals surface area (Å²) in [6.07, 6.45) is 2.19. The van der Waals surface area contributed by atoms with E-state index in [1.807, 2.05) is 24.3 Å². The van der Waals surface area contributed by atoms with Crippen molar-refractivity contribution < 1.29 is 41.9 Å². The molecule has 1 saturated carbocycles. The number of thioether (sulfide) groups is 1. The lowest BCUT2D eigenvalue weighted by Crippen LogP contribution is -2.68. The molecular formula is C27H24F2N3O8PS. The molecule has 3 aliphatic heterocycles. The Labute approximate surface area is 241 Å². The van der Waals surface area contributed by atoms with Crippen LogP contribution in [-0.2, 0) is 19.6 Å². The molecule has 15 heteroatoms. The maximum absolute atomic E-state index is 15.3. The van der Waals surface area contributed by atoms with Gasteiger partial charge in [0.15, 0.2) is 17.3 Å². The third-order valence-electron chi connectivity index (χ3n) is 8.02. The summed E-state index contributed by atoms with van der Waals surface area (Å²) in [4.78, 5) is 47.7. The first-order valence-electron chi connectivity index (χ1n) is 13.1. The Morgan fingerprint density at radius 2 is 1.88 bits per heavy atom. The molecule has 1 spiro atoms. The summed E-state index contributed by atoms with van der Waals surface area (Å²) in [7, 11) is -4.94. The van der Waals surface area contributed by atoms with Crippen molar-refractivity contribution in [2.75, 3.05) is 25.0 Å². The van der Waals surface area contributed by atoms with Gasteiger partial charge in [-0.15, -0.1) is 11.8 Å². The summed E-state index contributed by atoms with van der Waals surface area (Å²) in [5.41, 5.74) is 0.0132. The second kappa shape index (κ2) is 9.90. The van der Waals surface area contributed by atoms with Crippen LogP contribution < -0.4 is 15.2 Å². The van der Waals surface area contributed by atoms with E-state index in [9.17, 15) is 18.5 Å². The second-order valence-corrected chi connectivity index (χ2v) is 12.8. The molecule has 2 fully saturated rings. The molecule has 220 valence electrons. The van der Waals surface area contributed by atoms with Gasteiger partial charge >= 0.3 is 7.82 Å². The molecule has 4 aliphatic rings. The van der Waals surface area contributed by atoms with Crippen molar-refractivity contribution in [1.29, 1.82) is 0 Å². The van der Waals surface area contributed by atoms with Crippen molar-refractivity contribution in [3.05, 3.63) is 92.9 Å². The van der Waals surface area contributed by atoms with Crippen LogP contribution >= 0.6 is 19.6 Å². The third kappa shape index (κ3) is 4.53. The number of amides is 1. The molecule has 42 heavy (non-hydrogen) atoms. The van der Waals surface area contributed by atoms with Crippen LogP contribution in [0.3, 0.4) is 0 Å². The van der Waals surface area contributed by atoms with Crippen LogP contribution in [0.4, 0.5) is 8.78 Å². The zero-order valence-electron chi connectivity index (χ0n) is 21.8. The second-order valence-electron chi connectivity index (χ2n) is 10.5. The maximum atomic E-state index is 15.3. The van der Waals surface area contributed by atoms with Gasteiger partial charge in [-0.3, -0.25) is 19.3 Å². The first-order valence-corrected chi connectivity index (χ1v) is 15.6. The number of hydrogen-bond donors (Lipinski definition) is 2. The Morgan fingerprint density at radius 1 is 1.10 bits per heavy atom. The van der Waals surface area contributed by atoms with Crippen molar-refractivity contribution in [3.8, 4) is 5.75 Å². The van der Waals surface area contributed by atoms with E-state index < -0.39 is 61.1 Å². The number of halogens is 2. The lowest BCUT2D eigenvalue weighted by atomic mass is 9.93. The van der Waals surface area contributed by atoms with Gasteiger partial charge < -0.3 is 24.2 Å². The fraction of sp³-hybridized carbons (Fsp3) is 0.333. The monoisotopic (exact) mass is 619 g/mol. The average Bonchev–Trinajstić information content (AvgIpc) is 3.73. The number of pyridine rings is 1. The highest BCUT2D eigenvalue weighted by molar-refractivity contribution is 7.98. The number of hydrogen-bond acceptors (Lipinski definition) is 8. The Bertz CT molecular complexity index is 1730. The fourth-order valence-electron chi connectivity index (χ4n) is 5.89. The van der Waals surface area contributed by atoms with Crippen molar-refractivity contribution in [2.45, 2.75) is 41.3 Å². The van der Waals surface area contributed by atoms with E-state index in [0.717, 1.165) is 35.4 Å². The standard InChI is InChI=1S/C27H24F2N3O8PS/c28-18-6-5-15-17(22(18)29)12-42-20-4-2-1-3-16(20)23(15)32-21-11-39-27(8-9-27)13-30(21)26(34)24-25(19(33)7-10-31(24)32)38-14-40-41(35,36)37/h1-7,10,21,23H,8-9,11-14H2,(H2,35,36,37)/t21-,23+/m1/s1. The number of ether oxygens (including phenoxy) is 2. The van der Waals surface area contributed by atoms with Gasteiger partial charge in [0.2, 0.25) is 18.0 Å². The van der Waals surface area contributed by atoms with Crippen LogP contribution in [0.5, 0.6) is 5.75 Å². The topological polar surface area (TPSA) is 131 Å². The van der Waals surface area contributed by atoms with Crippen molar-refractivity contribution >= 4 is 25.5 Å². The molecule has 1 aromatic heterocycles. The molecule has 3 aromatic rings. The fourth-order valence-corrected chi connectivity index (χ4v) is 7.19. The van der Waals surface area contributed by atoms with Gasteiger partial charge in [-0.05, 0) is 36.1 Å². The number of fused-ring (bicyclic) bond motifs is 4. The van der Waals surface area contributed by atoms with Crippen LogP contribution in [0, 0.1) is 11.6 Å². The van der Waals surface area contributed by atoms with Crippen LogP contribution in [0.2, 0.25) is 0 Å². The number of carbonyl (C=O) groups excluding carboxylic acids is 1. The van der Waals surface area contributed by atoms with Crippen molar-refractivity contribution in [1.82, 2.24) is 9.58 Å². The molecule has 7 rings (SSSR count). The van der Waals surface area contributed by atoms with Gasteiger partial charge in [0.05, 0.1) is 24.8 Å². The van der Waals surface area contributed by atoms with Gasteiger partial charge in [0.25, 0.3) is 5.91 Å². The molecular weight excluding hydrogens is 595 g/mol. The van der Waals surface area contributed by atoms with Crippen LogP contribution in [0.1, 0.15) is 46.1 Å². The Kier molecular flexibility index (Phi) is 6.50. The van der Waals surface area contributed by atoms with E-state index in [-0.39, 0.29) is 30.2 Å². The van der Waals surface area contributed by atoms with Gasteiger partial charge in [-0.25, -0.2) is 17.9 Å². The first kappa shape index (κ1) is 27.6. The molecule has 2 aromatic carbocycles. The minimum atomic E-state index is -4.94. The van der Waals surface area contributed by atoms with E-state index in [4.69, 9.17) is 19.3 Å². The lowest BCUT2D eigenvalue weighted by molar-refractivity contribution is -0.0792. The van der Waals surface area contributed by atoms with E-state index in [1.54, 1.807) is 9.91 Å². The molecule has 11 nitrogen and oxygen atoms in total. The predicted molar refractivity (Wildman–Crippen MR) is 144 cm³/mol. The number of phosphoric acid groups is 1. The van der Waals surface area contributed by atoms with Crippen LogP contribution in [0.25, 0.3) is 0 Å². The molecule has 2 atom stereocenters. The molecule has 0 unspecified atom stereocenters. The van der Waals surface area contributed by atoms with E-state index >= 15 is 4.39 Å². The number of aromatic nitrogens is 1. The summed E-state index contributed by atoms with van der Waals surface area (Å²) >= 11 is 1.36. The summed E-state index contributed by atoms with van der Waals surface area (Å²) in [6, 6.07) is 10.4. The van der Waals surface area contributed by atoms with E-state index in [2.05, 4.69) is 4.52 Å². The number of benzene rings is 2. The largest absolute Gasteiger partial charge is 0.472 e. The minimum Gasteiger partial charge on any atom is -0.460 e. The van der Waals surface area contributed by atoms with E-state index in [0.29, 0.717) is 5.56 Å². The van der Waals surface area contributed by atoms with Gasteiger partial charge in [-0.2, -0.15) is 0 Å². The number of rotatable bonds is 5. The summed E-state index contributed by atoms with van der Waals surface area (Å²) in [6.45, 7) is -0.654. The van der Waals surface area contributed by atoms with Gasteiger partial charge in [0, 0.05) is 28.5 Å². The number of nitrogens with zero attached hydrogens (tertiary/aromatic N) is 3. The van der Waals surface area contributed by atoms with Gasteiger partial charge in [-0.1, -0.05) is 24.3 Å². The molecule has 1 aliphatic carbocycles. The predicted octanol–water partition coefficient (Wildman–Crippen LogP) is 3.25. The third-order valence-corrected chi connectivity index (χ3v) is 9.58. The van der Waals surface area contributed by atoms with Crippen molar-refractivity contribution in [3.63, 3.8) is 0 Å². The Balaban J connectivity index is 1.45. The van der Waals surface area contributed by atoms with Gasteiger partial charge in [0.1, 0.15) is 6.17 Å². The average molecular weight is 620 g/mol. The smallest absolute Gasteiger partial charge is 0.460 e. The minimum absolute atomic E-state index is 0.111. The number of phosphoric ester groups is 1. The zero-order chi connectivity index (χ0) is 29.4. The normalized spacial score (nSPS) is 22.1. The number of morpholine rings is 1. The highest BCUT2D eigenvalue weighted by atomic mass is 32.2. The lowest BCUT2D eigenvalue weighted by Gasteiger charge is -2.53. The summed E-state index contributed by atoms with van der Waals surface area (Å²) in [5, 5.41) is 1.79. The molecule has 0 bridgehead atoms. The quantitative estimate of drug-likeness (QED) is 0.324. The highest BCUT2D eigenvalue weighted by Gasteiger charge is 2.56. The molecule has 0 radical (unpaired) electrons. The molecule has 1 saturated heterocycles.